The number of carbonyl (C=O) groups is 2. The van der Waals surface area contributed by atoms with E-state index in [2.05, 4.69) is 10.3 Å². The average molecular weight is 583 g/mol. The summed E-state index contributed by atoms with van der Waals surface area (Å²) < 4.78 is 43.6. The second-order valence-electron chi connectivity index (χ2n) is 10.8. The van der Waals surface area contributed by atoms with Crippen molar-refractivity contribution in [3.8, 4) is 0 Å². The summed E-state index contributed by atoms with van der Waals surface area (Å²) in [6, 6.07) is 11.2. The van der Waals surface area contributed by atoms with Gasteiger partial charge < -0.3 is 10.2 Å². The fraction of sp³-hybridized carbons (Fsp3) is 0.345. The van der Waals surface area contributed by atoms with Gasteiger partial charge >= 0.3 is 0 Å². The van der Waals surface area contributed by atoms with Gasteiger partial charge in [0, 0.05) is 37.2 Å². The van der Waals surface area contributed by atoms with Crippen LogP contribution in [0.15, 0.2) is 65.8 Å². The number of likely N-dealkylation sites (tertiary alicyclic amines) is 1. The summed E-state index contributed by atoms with van der Waals surface area (Å²) in [7, 11) is -4.05. The monoisotopic (exact) mass is 582 g/mol. The zero-order valence-corrected chi connectivity index (χ0v) is 23.4. The lowest BCUT2D eigenvalue weighted by Gasteiger charge is -2.45. The van der Waals surface area contributed by atoms with Crippen LogP contribution < -0.4 is 9.62 Å². The summed E-state index contributed by atoms with van der Waals surface area (Å²) in [5, 5.41) is 3.20. The highest BCUT2D eigenvalue weighted by Gasteiger charge is 2.60. The molecule has 11 heteroatoms. The number of hydrogen-bond acceptors (Lipinski definition) is 5. The van der Waals surface area contributed by atoms with E-state index in [0.29, 0.717) is 47.9 Å². The van der Waals surface area contributed by atoms with E-state index in [-0.39, 0.29) is 28.7 Å². The number of fused-ring (bicyclic) bond motifs is 2. The van der Waals surface area contributed by atoms with Crippen molar-refractivity contribution in [3.05, 3.63) is 82.9 Å². The van der Waals surface area contributed by atoms with Crippen molar-refractivity contribution >= 4 is 44.8 Å². The number of rotatable bonds is 5. The molecule has 3 aliphatic rings. The molecule has 1 unspecified atom stereocenters. The smallest absolute Gasteiger partial charge is 0.264 e. The minimum absolute atomic E-state index is 0.0130. The quantitative estimate of drug-likeness (QED) is 0.457. The summed E-state index contributed by atoms with van der Waals surface area (Å²) in [4.78, 5) is 31.3. The van der Waals surface area contributed by atoms with Gasteiger partial charge in [0.15, 0.2) is 0 Å². The Morgan fingerprint density at radius 3 is 2.38 bits per heavy atom. The number of amides is 2. The van der Waals surface area contributed by atoms with Crippen LogP contribution in [0.1, 0.15) is 48.5 Å². The highest BCUT2D eigenvalue weighted by atomic mass is 35.5. The highest BCUT2D eigenvalue weighted by molar-refractivity contribution is 7.92. The first-order valence-corrected chi connectivity index (χ1v) is 15.0. The minimum atomic E-state index is -4.05. The topological polar surface area (TPSA) is 99.7 Å². The number of benzene rings is 2. The van der Waals surface area contributed by atoms with Gasteiger partial charge in [-0.15, -0.1) is 0 Å². The number of halogens is 2. The molecule has 1 saturated heterocycles. The second-order valence-corrected chi connectivity index (χ2v) is 13.0. The lowest BCUT2D eigenvalue weighted by Crippen LogP contribution is -2.54. The fourth-order valence-corrected chi connectivity index (χ4v) is 8.30. The van der Waals surface area contributed by atoms with E-state index in [4.69, 9.17) is 11.6 Å². The van der Waals surface area contributed by atoms with Gasteiger partial charge in [0.05, 0.1) is 33.5 Å². The van der Waals surface area contributed by atoms with Crippen LogP contribution in [-0.4, -0.2) is 49.2 Å². The number of pyridine rings is 1. The second kappa shape index (κ2) is 9.85. The first-order chi connectivity index (χ1) is 19.1. The summed E-state index contributed by atoms with van der Waals surface area (Å²) in [6.45, 7) is 2.53. The third kappa shape index (κ3) is 4.53. The number of anilines is 2. The number of carbonyl (C=O) groups excluding carboxylic acids is 2. The standard InChI is InChI=1S/C29H28ClFN4O4S/c1-18(36)34-12-10-29(11-13-34)25-14-20(28(37)33-23-15-21(30)16-32-17-23)4-9-26(25)35(27(29)19-2-3-19)40(38,39)24-7-5-22(31)6-8-24/h4-9,14-17,19,27H,2-3,10-13H2,1H3,(H,33,37). The van der Waals surface area contributed by atoms with Gasteiger partial charge in [-0.05, 0) is 85.7 Å². The molecule has 40 heavy (non-hydrogen) atoms. The lowest BCUT2D eigenvalue weighted by atomic mass is 9.68. The molecule has 1 spiro atoms. The van der Waals surface area contributed by atoms with Crippen LogP contribution in [-0.2, 0) is 20.2 Å². The first-order valence-electron chi connectivity index (χ1n) is 13.2. The van der Waals surface area contributed by atoms with Crippen molar-refractivity contribution in [1.82, 2.24) is 9.88 Å². The highest BCUT2D eigenvalue weighted by Crippen LogP contribution is 2.59. The Hall–Kier alpha value is -3.50. The number of nitrogens with zero attached hydrogens (tertiary/aromatic N) is 3. The van der Waals surface area contributed by atoms with Gasteiger partial charge in [-0.3, -0.25) is 18.9 Å². The Bertz CT molecular complexity index is 1600. The molecule has 2 aliphatic heterocycles. The maximum absolute atomic E-state index is 14.2. The van der Waals surface area contributed by atoms with E-state index in [9.17, 15) is 22.4 Å². The summed E-state index contributed by atoms with van der Waals surface area (Å²) in [5.41, 5.74) is 1.55. The zero-order valence-electron chi connectivity index (χ0n) is 21.8. The largest absolute Gasteiger partial charge is 0.343 e. The molecule has 1 aromatic heterocycles. The van der Waals surface area contributed by atoms with Gasteiger partial charge in [-0.25, -0.2) is 12.8 Å². The van der Waals surface area contributed by atoms with Gasteiger partial charge in [0.25, 0.3) is 15.9 Å². The number of aromatic nitrogens is 1. The van der Waals surface area contributed by atoms with Crippen LogP contribution in [0.2, 0.25) is 5.02 Å². The SMILES string of the molecule is CC(=O)N1CCC2(CC1)c1cc(C(=O)Nc3cncc(Cl)c3)ccc1N(S(=O)(=O)c1ccc(F)cc1)C2C1CC1. The van der Waals surface area contributed by atoms with Crippen molar-refractivity contribution in [2.45, 2.75) is 49.0 Å². The fourth-order valence-electron chi connectivity index (χ4n) is 6.32. The molecule has 8 nitrogen and oxygen atoms in total. The molecule has 1 N–H and O–H groups in total. The third-order valence-electron chi connectivity index (χ3n) is 8.35. The van der Waals surface area contributed by atoms with E-state index >= 15 is 0 Å². The molecule has 0 radical (unpaired) electrons. The molecule has 1 saturated carbocycles. The zero-order chi connectivity index (χ0) is 28.2. The van der Waals surface area contributed by atoms with Crippen molar-refractivity contribution < 1.29 is 22.4 Å². The van der Waals surface area contributed by atoms with Crippen LogP contribution in [0.3, 0.4) is 0 Å². The first kappa shape index (κ1) is 26.7. The molecule has 2 fully saturated rings. The molecule has 208 valence electrons. The van der Waals surface area contributed by atoms with E-state index in [1.165, 1.54) is 35.8 Å². The molecule has 2 aromatic carbocycles. The summed E-state index contributed by atoms with van der Waals surface area (Å²) >= 11 is 6.03. The predicted molar refractivity (Wildman–Crippen MR) is 149 cm³/mol. The van der Waals surface area contributed by atoms with Crippen LogP contribution >= 0.6 is 11.6 Å². The Kier molecular flexibility index (Phi) is 6.58. The average Bonchev–Trinajstić information content (AvgIpc) is 3.73. The van der Waals surface area contributed by atoms with Crippen LogP contribution in [0, 0.1) is 11.7 Å². The Balaban J connectivity index is 1.46. The van der Waals surface area contributed by atoms with Crippen molar-refractivity contribution in [2.24, 2.45) is 5.92 Å². The number of piperidine rings is 1. The molecule has 0 bridgehead atoms. The van der Waals surface area contributed by atoms with Crippen molar-refractivity contribution in [3.63, 3.8) is 0 Å². The molecular formula is C29H28ClFN4O4S. The predicted octanol–water partition coefficient (Wildman–Crippen LogP) is 4.99. The van der Waals surface area contributed by atoms with Gasteiger partial charge in [0.2, 0.25) is 5.91 Å². The lowest BCUT2D eigenvalue weighted by molar-refractivity contribution is -0.130. The van der Waals surface area contributed by atoms with Gasteiger partial charge in [-0.2, -0.15) is 0 Å². The number of sulfonamides is 1. The third-order valence-corrected chi connectivity index (χ3v) is 10.4. The Morgan fingerprint density at radius 1 is 1.05 bits per heavy atom. The van der Waals surface area contributed by atoms with Crippen LogP contribution in [0.4, 0.5) is 15.8 Å². The maximum atomic E-state index is 14.2. The molecule has 3 heterocycles. The Morgan fingerprint density at radius 2 is 1.75 bits per heavy atom. The van der Waals surface area contributed by atoms with E-state index in [1.807, 2.05) is 0 Å². The summed E-state index contributed by atoms with van der Waals surface area (Å²) in [6.07, 6.45) is 5.88. The van der Waals surface area contributed by atoms with Crippen LogP contribution in [0.25, 0.3) is 0 Å². The van der Waals surface area contributed by atoms with E-state index in [0.717, 1.165) is 30.5 Å². The summed E-state index contributed by atoms with van der Waals surface area (Å²) in [5.74, 6) is -0.763. The normalized spacial score (nSPS) is 19.9. The van der Waals surface area contributed by atoms with Gasteiger partial charge in [0.1, 0.15) is 5.82 Å². The minimum Gasteiger partial charge on any atom is -0.343 e. The molecule has 6 rings (SSSR count). The molecule has 2 amide bonds. The number of nitrogens with one attached hydrogen (secondary N) is 1. The Labute approximate surface area is 237 Å². The molecule has 1 aliphatic carbocycles. The van der Waals surface area contributed by atoms with Crippen LogP contribution in [0.5, 0.6) is 0 Å². The van der Waals surface area contributed by atoms with Crippen molar-refractivity contribution in [1.29, 1.82) is 0 Å². The van der Waals surface area contributed by atoms with E-state index < -0.39 is 21.3 Å². The maximum Gasteiger partial charge on any atom is 0.264 e. The van der Waals surface area contributed by atoms with Crippen molar-refractivity contribution in [2.75, 3.05) is 22.7 Å². The van der Waals surface area contributed by atoms with Gasteiger partial charge in [-0.1, -0.05) is 11.6 Å². The number of hydrogen-bond donors (Lipinski definition) is 1. The van der Waals surface area contributed by atoms with E-state index in [1.54, 1.807) is 29.2 Å². The molecular weight excluding hydrogens is 555 g/mol. The molecule has 3 aromatic rings. The molecule has 1 atom stereocenters.